The number of hydrogen-bond donors (Lipinski definition) is 1. The quantitative estimate of drug-likeness (QED) is 0.850. The highest BCUT2D eigenvalue weighted by Crippen LogP contribution is 2.17. The largest absolute Gasteiger partial charge is 0.338 e. The number of nitrogens with zero attached hydrogens (tertiary/aromatic N) is 5. The predicted molar refractivity (Wildman–Crippen MR) is 96.2 cm³/mol. The van der Waals surface area contributed by atoms with E-state index in [2.05, 4.69) is 27.7 Å². The van der Waals surface area contributed by atoms with Gasteiger partial charge in [0, 0.05) is 23.2 Å². The van der Waals surface area contributed by atoms with Gasteiger partial charge in [0.05, 0.1) is 0 Å². The van der Waals surface area contributed by atoms with Crippen LogP contribution < -0.4 is 5.32 Å². The Hall–Kier alpha value is -1.99. The lowest BCUT2D eigenvalue weighted by Gasteiger charge is -2.34. The number of amides is 1. The third-order valence-electron chi connectivity index (χ3n) is 4.37. The van der Waals surface area contributed by atoms with Crippen LogP contribution >= 0.6 is 11.6 Å². The Morgan fingerprint density at radius 1 is 1.32 bits per heavy atom. The Morgan fingerprint density at radius 3 is 2.72 bits per heavy atom. The Labute approximate surface area is 152 Å². The van der Waals surface area contributed by atoms with Crippen molar-refractivity contribution < 1.29 is 4.79 Å². The first-order chi connectivity index (χ1) is 12.2. The maximum atomic E-state index is 12.8. The van der Waals surface area contributed by atoms with E-state index in [9.17, 15) is 4.79 Å². The van der Waals surface area contributed by atoms with E-state index in [1.54, 1.807) is 12.1 Å². The van der Waals surface area contributed by atoms with Crippen molar-refractivity contribution in [3.05, 3.63) is 29.3 Å². The lowest BCUT2D eigenvalue weighted by Crippen LogP contribution is -2.47. The fourth-order valence-corrected chi connectivity index (χ4v) is 3.23. The summed E-state index contributed by atoms with van der Waals surface area (Å²) >= 11 is 5.90. The van der Waals surface area contributed by atoms with Gasteiger partial charge in [0.2, 0.25) is 11.7 Å². The van der Waals surface area contributed by atoms with Crippen LogP contribution in [0.3, 0.4) is 0 Å². The molecule has 1 fully saturated rings. The molecule has 0 unspecified atom stereocenters. The van der Waals surface area contributed by atoms with Crippen LogP contribution in [-0.2, 0) is 11.3 Å². The molecule has 1 aliphatic rings. The highest BCUT2D eigenvalue weighted by molar-refractivity contribution is 6.30. The standard InChI is InChI=1S/C17H23ClN6O/c1-2-11-23(15-7-9-19-10-8-15)16(25)12-24-21-17(20-22-24)13-3-5-14(18)6-4-13/h3-6,15,19H,2,7-12H2,1H3. The van der Waals surface area contributed by atoms with E-state index in [1.165, 1.54) is 4.80 Å². The van der Waals surface area contributed by atoms with Crippen molar-refractivity contribution >= 4 is 17.5 Å². The van der Waals surface area contributed by atoms with Gasteiger partial charge >= 0.3 is 0 Å². The third kappa shape index (κ3) is 4.55. The highest BCUT2D eigenvalue weighted by atomic mass is 35.5. The van der Waals surface area contributed by atoms with Gasteiger partial charge in [-0.2, -0.15) is 4.80 Å². The molecule has 0 spiro atoms. The van der Waals surface area contributed by atoms with Crippen LogP contribution in [-0.4, -0.2) is 56.7 Å². The van der Waals surface area contributed by atoms with Crippen LogP contribution in [0.4, 0.5) is 0 Å². The van der Waals surface area contributed by atoms with Gasteiger partial charge in [0.1, 0.15) is 6.54 Å². The van der Waals surface area contributed by atoms with Gasteiger partial charge in [-0.1, -0.05) is 18.5 Å². The van der Waals surface area contributed by atoms with Crippen molar-refractivity contribution in [3.63, 3.8) is 0 Å². The van der Waals surface area contributed by atoms with Crippen LogP contribution in [0.15, 0.2) is 24.3 Å². The van der Waals surface area contributed by atoms with Crippen molar-refractivity contribution in [1.82, 2.24) is 30.4 Å². The Balaban J connectivity index is 1.67. The Morgan fingerprint density at radius 2 is 2.04 bits per heavy atom. The molecule has 0 bridgehead atoms. The van der Waals surface area contributed by atoms with Crippen LogP contribution in [0.1, 0.15) is 26.2 Å². The molecule has 3 rings (SSSR count). The number of halogens is 1. The van der Waals surface area contributed by atoms with E-state index in [0.29, 0.717) is 16.9 Å². The molecule has 1 amide bonds. The van der Waals surface area contributed by atoms with E-state index in [4.69, 9.17) is 11.6 Å². The van der Waals surface area contributed by atoms with Crippen molar-refractivity contribution in [2.24, 2.45) is 0 Å². The summed E-state index contributed by atoms with van der Waals surface area (Å²) in [6, 6.07) is 7.53. The zero-order valence-corrected chi connectivity index (χ0v) is 15.1. The topological polar surface area (TPSA) is 75.9 Å². The zero-order valence-electron chi connectivity index (χ0n) is 14.4. The summed E-state index contributed by atoms with van der Waals surface area (Å²) in [6.07, 6.45) is 2.93. The third-order valence-corrected chi connectivity index (χ3v) is 4.62. The molecule has 0 aliphatic carbocycles. The van der Waals surface area contributed by atoms with Crippen LogP contribution in [0.2, 0.25) is 5.02 Å². The summed E-state index contributed by atoms with van der Waals surface area (Å²) in [5.74, 6) is 0.544. The van der Waals surface area contributed by atoms with E-state index in [0.717, 1.165) is 44.5 Å². The van der Waals surface area contributed by atoms with E-state index < -0.39 is 0 Å². The predicted octanol–water partition coefficient (Wildman–Crippen LogP) is 1.98. The van der Waals surface area contributed by atoms with E-state index >= 15 is 0 Å². The molecule has 1 aromatic heterocycles. The molecule has 7 nitrogen and oxygen atoms in total. The molecule has 8 heteroatoms. The highest BCUT2D eigenvalue weighted by Gasteiger charge is 2.25. The van der Waals surface area contributed by atoms with Crippen LogP contribution in [0, 0.1) is 0 Å². The van der Waals surface area contributed by atoms with Crippen molar-refractivity contribution in [2.75, 3.05) is 19.6 Å². The van der Waals surface area contributed by atoms with Gasteiger partial charge in [-0.25, -0.2) is 0 Å². The Kier molecular flexibility index (Phi) is 5.99. The minimum Gasteiger partial charge on any atom is -0.338 e. The molecule has 1 saturated heterocycles. The number of nitrogens with one attached hydrogen (secondary N) is 1. The first-order valence-corrected chi connectivity index (χ1v) is 9.09. The number of rotatable bonds is 6. The number of carbonyl (C=O) groups excluding carboxylic acids is 1. The van der Waals surface area contributed by atoms with Gasteiger partial charge in [0.15, 0.2) is 0 Å². The SMILES string of the molecule is CCCN(C(=O)Cn1nnc(-c2ccc(Cl)cc2)n1)C1CCNCC1. The molecular weight excluding hydrogens is 340 g/mol. The molecule has 1 aliphatic heterocycles. The average molecular weight is 363 g/mol. The number of hydrogen-bond acceptors (Lipinski definition) is 5. The minimum absolute atomic E-state index is 0.0498. The fourth-order valence-electron chi connectivity index (χ4n) is 3.11. The monoisotopic (exact) mass is 362 g/mol. The molecular formula is C17H23ClN6O. The molecule has 0 radical (unpaired) electrons. The number of benzene rings is 1. The summed E-state index contributed by atoms with van der Waals surface area (Å²) in [7, 11) is 0. The summed E-state index contributed by atoms with van der Waals surface area (Å²) in [4.78, 5) is 16.1. The lowest BCUT2D eigenvalue weighted by atomic mass is 10.0. The molecule has 0 saturated carbocycles. The van der Waals surface area contributed by atoms with Gasteiger partial charge in [-0.15, -0.1) is 10.2 Å². The Bertz CT molecular complexity index is 695. The molecule has 2 aromatic rings. The normalized spacial score (nSPS) is 15.3. The maximum Gasteiger partial charge on any atom is 0.246 e. The first kappa shape index (κ1) is 17.8. The second kappa shape index (κ2) is 8.40. The smallest absolute Gasteiger partial charge is 0.246 e. The molecule has 1 N–H and O–H groups in total. The van der Waals surface area contributed by atoms with Crippen molar-refractivity contribution in [1.29, 1.82) is 0 Å². The molecule has 0 atom stereocenters. The molecule has 1 aromatic carbocycles. The fraction of sp³-hybridized carbons (Fsp3) is 0.529. The lowest BCUT2D eigenvalue weighted by molar-refractivity contribution is -0.135. The van der Waals surface area contributed by atoms with E-state index in [1.807, 2.05) is 17.0 Å². The number of carbonyl (C=O) groups is 1. The van der Waals surface area contributed by atoms with Crippen molar-refractivity contribution in [3.8, 4) is 11.4 Å². The number of tetrazole rings is 1. The van der Waals surface area contributed by atoms with Crippen molar-refractivity contribution in [2.45, 2.75) is 38.8 Å². The maximum absolute atomic E-state index is 12.8. The summed E-state index contributed by atoms with van der Waals surface area (Å²) in [5, 5.41) is 16.4. The van der Waals surface area contributed by atoms with Gasteiger partial charge in [0.25, 0.3) is 0 Å². The second-order valence-corrected chi connectivity index (χ2v) is 6.66. The number of aromatic nitrogens is 4. The molecule has 134 valence electrons. The summed E-state index contributed by atoms with van der Waals surface area (Å²) < 4.78 is 0. The van der Waals surface area contributed by atoms with Gasteiger partial charge < -0.3 is 10.2 Å². The molecule has 2 heterocycles. The zero-order chi connectivity index (χ0) is 17.6. The summed E-state index contributed by atoms with van der Waals surface area (Å²) in [5.41, 5.74) is 0.826. The van der Waals surface area contributed by atoms with Gasteiger partial charge in [-0.05, 0) is 61.8 Å². The first-order valence-electron chi connectivity index (χ1n) is 8.71. The second-order valence-electron chi connectivity index (χ2n) is 6.22. The summed E-state index contributed by atoms with van der Waals surface area (Å²) in [6.45, 7) is 4.89. The minimum atomic E-state index is 0.0498. The number of piperidine rings is 1. The van der Waals surface area contributed by atoms with Crippen LogP contribution in [0.5, 0.6) is 0 Å². The van der Waals surface area contributed by atoms with Gasteiger partial charge in [-0.3, -0.25) is 4.79 Å². The molecule has 25 heavy (non-hydrogen) atoms. The average Bonchev–Trinajstić information content (AvgIpc) is 3.09. The van der Waals surface area contributed by atoms with Crippen LogP contribution in [0.25, 0.3) is 11.4 Å². The van der Waals surface area contributed by atoms with E-state index in [-0.39, 0.29) is 12.5 Å².